The second kappa shape index (κ2) is 9.79. The van der Waals surface area contributed by atoms with Crippen molar-refractivity contribution in [1.82, 2.24) is 9.88 Å². The number of carboxylic acid groups (broad SMARTS) is 1. The summed E-state index contributed by atoms with van der Waals surface area (Å²) in [5.74, 6) is -1.23. The number of ether oxygens (including phenoxy) is 2. The molecule has 2 aromatic rings. The topological polar surface area (TPSA) is 93.0 Å². The van der Waals surface area contributed by atoms with Gasteiger partial charge in [-0.05, 0) is 37.5 Å². The Balaban J connectivity index is 1.50. The van der Waals surface area contributed by atoms with E-state index >= 15 is 8.78 Å². The number of nitrogens with zero attached hydrogens (tertiary/aromatic N) is 2. The van der Waals surface area contributed by atoms with Crippen molar-refractivity contribution in [3.05, 3.63) is 34.1 Å². The molecule has 0 amide bonds. The summed E-state index contributed by atoms with van der Waals surface area (Å²) in [6.07, 6.45) is 2.79. The number of rotatable bonds is 7. The van der Waals surface area contributed by atoms with Crippen molar-refractivity contribution in [3.63, 3.8) is 0 Å². The van der Waals surface area contributed by atoms with Crippen LogP contribution in [0.1, 0.15) is 38.6 Å². The molecular weight excluding hydrogens is 512 g/mol. The molecule has 12 heteroatoms. The molecule has 1 aliphatic carbocycles. The number of hydrogen-bond acceptors (Lipinski definition) is 7. The van der Waals surface area contributed by atoms with Crippen LogP contribution in [-0.4, -0.2) is 57.7 Å². The van der Waals surface area contributed by atoms with Crippen molar-refractivity contribution in [2.45, 2.75) is 44.2 Å². The largest absolute Gasteiger partial charge is 0.511 e. The minimum absolute atomic E-state index is 0.0427. The van der Waals surface area contributed by atoms with Crippen LogP contribution in [0.2, 0.25) is 0 Å². The van der Waals surface area contributed by atoms with Gasteiger partial charge in [0.1, 0.15) is 21.4 Å². The van der Waals surface area contributed by atoms with Gasteiger partial charge in [-0.1, -0.05) is 30.9 Å². The van der Waals surface area contributed by atoms with Gasteiger partial charge < -0.3 is 29.4 Å². The van der Waals surface area contributed by atoms with Crippen LogP contribution in [0.5, 0.6) is 5.75 Å². The number of fused-ring (bicyclic) bond motifs is 2. The van der Waals surface area contributed by atoms with Crippen LogP contribution in [-0.2, 0) is 4.74 Å². The molecule has 3 heterocycles. The lowest BCUT2D eigenvalue weighted by Gasteiger charge is -2.29. The molecule has 3 fully saturated rings. The second-order valence-corrected chi connectivity index (χ2v) is 11.3. The van der Waals surface area contributed by atoms with E-state index in [1.54, 1.807) is 16.7 Å². The highest BCUT2D eigenvalue weighted by Crippen LogP contribution is 2.44. The third-order valence-corrected chi connectivity index (χ3v) is 8.59. The number of aromatic nitrogens is 1. The Morgan fingerprint density at radius 3 is 2.86 bits per heavy atom. The van der Waals surface area contributed by atoms with Crippen molar-refractivity contribution < 1.29 is 28.2 Å². The highest BCUT2D eigenvalue weighted by atomic mass is 32.2. The molecular formula is C24H27F2N3O5S2. The molecule has 3 aliphatic rings. The number of carbonyl (C=O) groups is 1. The van der Waals surface area contributed by atoms with Crippen molar-refractivity contribution in [1.29, 1.82) is 0 Å². The van der Waals surface area contributed by atoms with Gasteiger partial charge in [-0.3, -0.25) is 4.79 Å². The van der Waals surface area contributed by atoms with Crippen molar-refractivity contribution >= 4 is 51.0 Å². The predicted molar refractivity (Wildman–Crippen MR) is 137 cm³/mol. The van der Waals surface area contributed by atoms with E-state index in [1.807, 2.05) is 0 Å². The third kappa shape index (κ3) is 4.54. The molecule has 2 N–H and O–H groups in total. The second-order valence-electron chi connectivity index (χ2n) is 9.51. The molecule has 36 heavy (non-hydrogen) atoms. The van der Waals surface area contributed by atoms with Crippen LogP contribution in [0.3, 0.4) is 0 Å². The fourth-order valence-corrected chi connectivity index (χ4v) is 6.15. The maximum absolute atomic E-state index is 16.1. The molecule has 5 rings (SSSR count). The van der Waals surface area contributed by atoms with Gasteiger partial charge in [0.15, 0.2) is 11.6 Å². The summed E-state index contributed by atoms with van der Waals surface area (Å²) >= 11 is 6.97. The Labute approximate surface area is 215 Å². The molecule has 2 aliphatic heterocycles. The van der Waals surface area contributed by atoms with E-state index in [-0.39, 0.29) is 35.1 Å². The monoisotopic (exact) mass is 539 g/mol. The quantitative estimate of drug-likeness (QED) is 0.395. The lowest BCUT2D eigenvalue weighted by atomic mass is 9.91. The van der Waals surface area contributed by atoms with Crippen LogP contribution in [0.15, 0.2) is 17.1 Å². The van der Waals surface area contributed by atoms with E-state index in [0.717, 1.165) is 37.5 Å². The van der Waals surface area contributed by atoms with Gasteiger partial charge in [-0.2, -0.15) is 0 Å². The summed E-state index contributed by atoms with van der Waals surface area (Å²) in [5.41, 5.74) is -1.74. The predicted octanol–water partition coefficient (Wildman–Crippen LogP) is 4.28. The lowest BCUT2D eigenvalue weighted by molar-refractivity contribution is 0.00926. The summed E-state index contributed by atoms with van der Waals surface area (Å²) in [6.45, 7) is 3.78. The van der Waals surface area contributed by atoms with E-state index in [4.69, 9.17) is 22.1 Å². The lowest BCUT2D eigenvalue weighted by Crippen LogP contribution is -2.47. The number of thiocarbonyl (C=S) groups is 1. The number of nitrogens with one attached hydrogen (secondary N) is 1. The van der Waals surface area contributed by atoms with Crippen molar-refractivity contribution in [2.24, 2.45) is 5.92 Å². The maximum atomic E-state index is 16.1. The molecule has 0 bridgehead atoms. The van der Waals surface area contributed by atoms with Crippen molar-refractivity contribution in [3.8, 4) is 5.75 Å². The Morgan fingerprint density at radius 1 is 1.39 bits per heavy atom. The first-order valence-electron chi connectivity index (χ1n) is 12.0. The van der Waals surface area contributed by atoms with E-state index < -0.39 is 34.6 Å². The Morgan fingerprint density at radius 2 is 2.17 bits per heavy atom. The normalized spacial score (nSPS) is 23.2. The molecule has 1 aromatic heterocycles. The van der Waals surface area contributed by atoms with Crippen LogP contribution in [0.4, 0.5) is 19.3 Å². The number of hydrogen-bond donors (Lipinski definition) is 2. The van der Waals surface area contributed by atoms with E-state index in [0.29, 0.717) is 24.0 Å². The molecule has 194 valence electrons. The number of anilines is 1. The first kappa shape index (κ1) is 25.2. The zero-order valence-electron chi connectivity index (χ0n) is 19.7. The van der Waals surface area contributed by atoms with Crippen LogP contribution in [0.25, 0.3) is 10.9 Å². The molecule has 8 nitrogen and oxygen atoms in total. The van der Waals surface area contributed by atoms with Crippen molar-refractivity contribution in [2.75, 3.05) is 36.9 Å². The first-order chi connectivity index (χ1) is 17.2. The SMILES string of the molecule is CCCSC(=S)NCC12CN(c3c(F)cc4c(=O)c(OC(=O)O)cn(C5CC5)c4c3F)CC1CCO2. The molecule has 1 saturated carbocycles. The number of halogens is 2. The van der Waals surface area contributed by atoms with Gasteiger partial charge in [0.2, 0.25) is 5.43 Å². The van der Waals surface area contributed by atoms with Gasteiger partial charge >= 0.3 is 6.16 Å². The summed E-state index contributed by atoms with van der Waals surface area (Å²) in [5, 5.41) is 12.0. The molecule has 0 spiro atoms. The van der Waals surface area contributed by atoms with E-state index in [9.17, 15) is 9.59 Å². The van der Waals surface area contributed by atoms with Gasteiger partial charge in [0, 0.05) is 38.2 Å². The Hall–Kier alpha value is -2.44. The van der Waals surface area contributed by atoms with Gasteiger partial charge in [0.05, 0.1) is 17.1 Å². The average molecular weight is 540 g/mol. The maximum Gasteiger partial charge on any atom is 0.511 e. The first-order valence-corrected chi connectivity index (χ1v) is 13.4. The van der Waals surface area contributed by atoms with Gasteiger partial charge in [0.25, 0.3) is 0 Å². The molecule has 2 saturated heterocycles. The summed E-state index contributed by atoms with van der Waals surface area (Å²) < 4.78 is 44.4. The fourth-order valence-electron chi connectivity index (χ4n) is 5.26. The Bertz CT molecular complexity index is 1280. The highest BCUT2D eigenvalue weighted by Gasteiger charge is 2.52. The third-order valence-electron chi connectivity index (χ3n) is 7.07. The molecule has 1 aromatic carbocycles. The molecule has 0 radical (unpaired) electrons. The summed E-state index contributed by atoms with van der Waals surface area (Å²) in [7, 11) is 0. The van der Waals surface area contributed by atoms with Gasteiger partial charge in [-0.25, -0.2) is 13.6 Å². The highest BCUT2D eigenvalue weighted by molar-refractivity contribution is 8.22. The summed E-state index contributed by atoms with van der Waals surface area (Å²) in [6, 6.07) is 0.871. The minimum Gasteiger partial charge on any atom is -0.449 e. The summed E-state index contributed by atoms with van der Waals surface area (Å²) in [4.78, 5) is 25.5. The minimum atomic E-state index is -1.67. The van der Waals surface area contributed by atoms with E-state index in [1.165, 1.54) is 10.8 Å². The van der Waals surface area contributed by atoms with Crippen LogP contribution < -0.4 is 20.4 Å². The molecule has 2 unspecified atom stereocenters. The molecule has 2 atom stereocenters. The average Bonchev–Trinajstić information content (AvgIpc) is 3.51. The zero-order chi connectivity index (χ0) is 25.6. The smallest absolute Gasteiger partial charge is 0.449 e. The number of benzene rings is 1. The van der Waals surface area contributed by atoms with Crippen LogP contribution in [0, 0.1) is 17.6 Å². The number of pyridine rings is 1. The van der Waals surface area contributed by atoms with E-state index in [2.05, 4.69) is 17.0 Å². The van der Waals surface area contributed by atoms with Crippen LogP contribution >= 0.6 is 24.0 Å². The van der Waals surface area contributed by atoms with Gasteiger partial charge in [-0.15, -0.1) is 0 Å². The Kier molecular flexibility index (Phi) is 6.86. The zero-order valence-corrected chi connectivity index (χ0v) is 21.4. The fraction of sp³-hybridized carbons (Fsp3) is 0.542. The number of thioether (sulfide) groups is 1. The standard InChI is InChI=1S/C24H27F2N3O5S2/c1-2-7-36-22(35)27-11-24-12-28(9-13(24)5-6-33-24)20-16(25)8-15-19(18(20)26)29(14-3-4-14)10-17(21(15)30)34-23(31)32/h8,10,13-14H,2-7,9,11-12H2,1H3,(H,27,35)(H,31,32).